The normalized spacial score (nSPS) is 11.8. The van der Waals surface area contributed by atoms with Crippen LogP contribution >= 0.6 is 11.6 Å². The summed E-state index contributed by atoms with van der Waals surface area (Å²) in [6.45, 7) is 6.40. The molecule has 1 unspecified atom stereocenters. The van der Waals surface area contributed by atoms with Crippen molar-refractivity contribution in [1.29, 1.82) is 0 Å². The Balaban J connectivity index is 1.52. The number of benzene rings is 2. The Morgan fingerprint density at radius 1 is 1.15 bits per heavy atom. The second-order valence-corrected chi connectivity index (χ2v) is 8.29. The summed E-state index contributed by atoms with van der Waals surface area (Å²) in [4.78, 5) is 4.42. The summed E-state index contributed by atoms with van der Waals surface area (Å²) < 4.78 is 28.7. The zero-order chi connectivity index (χ0) is 24.2. The summed E-state index contributed by atoms with van der Waals surface area (Å²) in [6, 6.07) is 14.2. The first-order valence-electron chi connectivity index (χ1n) is 10.6. The van der Waals surface area contributed by atoms with Crippen LogP contribution < -0.4 is 16.4 Å². The van der Waals surface area contributed by atoms with Gasteiger partial charge < -0.3 is 20.9 Å². The molecule has 174 valence electrons. The fourth-order valence-electron chi connectivity index (χ4n) is 3.57. The van der Waals surface area contributed by atoms with E-state index >= 15 is 0 Å². The minimum atomic E-state index is -0.474. The van der Waals surface area contributed by atoms with Crippen molar-refractivity contribution in [3.63, 3.8) is 0 Å². The topological polar surface area (TPSA) is 67.9 Å². The molecule has 1 atom stereocenters. The molecule has 0 aliphatic heterocycles. The molecule has 0 aliphatic rings. The van der Waals surface area contributed by atoms with E-state index in [2.05, 4.69) is 22.2 Å². The van der Waals surface area contributed by atoms with E-state index in [1.807, 2.05) is 36.0 Å². The van der Waals surface area contributed by atoms with E-state index < -0.39 is 5.82 Å². The second-order valence-electron chi connectivity index (χ2n) is 7.88. The molecule has 0 amide bonds. The molecule has 0 bridgehead atoms. The van der Waals surface area contributed by atoms with Gasteiger partial charge in [0.05, 0.1) is 16.8 Å². The number of nitrogens with zero attached hydrogens (tertiary/aromatic N) is 2. The quantitative estimate of drug-likeness (QED) is 0.285. The lowest BCUT2D eigenvalue weighted by Crippen LogP contribution is -2.26. The van der Waals surface area contributed by atoms with Crippen LogP contribution in [0.15, 0.2) is 79.8 Å². The third-order valence-corrected chi connectivity index (χ3v) is 5.73. The third-order valence-electron chi connectivity index (χ3n) is 5.44. The van der Waals surface area contributed by atoms with Crippen molar-refractivity contribution in [3.8, 4) is 5.69 Å². The van der Waals surface area contributed by atoms with E-state index in [-0.39, 0.29) is 23.4 Å². The first kappa shape index (κ1) is 23.5. The van der Waals surface area contributed by atoms with E-state index in [0.717, 1.165) is 28.1 Å². The average molecular weight is 480 g/mol. The van der Waals surface area contributed by atoms with Gasteiger partial charge in [0.2, 0.25) is 0 Å². The zero-order valence-corrected chi connectivity index (χ0v) is 19.3. The summed E-state index contributed by atoms with van der Waals surface area (Å²) in [5.74, 6) is -0.134. The van der Waals surface area contributed by atoms with Gasteiger partial charge in [-0.05, 0) is 60.5 Å². The van der Waals surface area contributed by atoms with Crippen LogP contribution in [0.4, 0.5) is 20.3 Å². The van der Waals surface area contributed by atoms with E-state index in [0.29, 0.717) is 11.5 Å². The van der Waals surface area contributed by atoms with Crippen molar-refractivity contribution in [3.05, 3.63) is 113 Å². The first-order chi connectivity index (χ1) is 16.3. The SMILES string of the molecule is C=C(NC(CN)c1ccc(F)c(Cl)c1)c1ccn(-c2cc(Nc3ccc(F)cc3)ncc2C)c1. The minimum absolute atomic E-state index is 0.0488. The van der Waals surface area contributed by atoms with Crippen molar-refractivity contribution >= 4 is 28.8 Å². The van der Waals surface area contributed by atoms with Crippen LogP contribution in [0.25, 0.3) is 11.4 Å². The number of aromatic nitrogens is 2. The van der Waals surface area contributed by atoms with Gasteiger partial charge in [0.1, 0.15) is 17.5 Å². The highest BCUT2D eigenvalue weighted by Gasteiger charge is 2.14. The van der Waals surface area contributed by atoms with Crippen molar-refractivity contribution in [2.24, 2.45) is 5.73 Å². The summed E-state index contributed by atoms with van der Waals surface area (Å²) in [5, 5.41) is 6.54. The number of aryl methyl sites for hydroxylation is 1. The molecule has 4 aromatic rings. The smallest absolute Gasteiger partial charge is 0.141 e. The Kier molecular flexibility index (Phi) is 6.95. The number of hydrogen-bond donors (Lipinski definition) is 3. The Morgan fingerprint density at radius 3 is 2.62 bits per heavy atom. The van der Waals surface area contributed by atoms with Crippen molar-refractivity contribution in [1.82, 2.24) is 14.9 Å². The van der Waals surface area contributed by atoms with Gasteiger partial charge in [0, 0.05) is 48.1 Å². The molecule has 0 saturated carbocycles. The summed E-state index contributed by atoms with van der Waals surface area (Å²) >= 11 is 5.93. The molecule has 0 radical (unpaired) electrons. The van der Waals surface area contributed by atoms with Crippen LogP contribution in [0.5, 0.6) is 0 Å². The molecule has 8 heteroatoms. The minimum Gasteiger partial charge on any atom is -0.377 e. The Labute approximate surface area is 201 Å². The van der Waals surface area contributed by atoms with Gasteiger partial charge in [-0.3, -0.25) is 0 Å². The lowest BCUT2D eigenvalue weighted by molar-refractivity contribution is 0.617. The molecule has 0 aliphatic carbocycles. The van der Waals surface area contributed by atoms with Gasteiger partial charge in [0.15, 0.2) is 0 Å². The fourth-order valence-corrected chi connectivity index (χ4v) is 3.76. The number of nitrogens with one attached hydrogen (secondary N) is 2. The van der Waals surface area contributed by atoms with E-state index in [9.17, 15) is 8.78 Å². The molecule has 34 heavy (non-hydrogen) atoms. The molecule has 2 heterocycles. The van der Waals surface area contributed by atoms with Crippen LogP contribution in [0, 0.1) is 18.6 Å². The Morgan fingerprint density at radius 2 is 1.91 bits per heavy atom. The number of nitrogens with two attached hydrogens (primary N) is 1. The standard InChI is InChI=1S/C26H24ClF2N5/c1-16-14-31-26(33-21-6-4-20(28)5-7-21)12-25(16)34-10-9-19(15-34)17(2)32-24(13-30)18-3-8-23(29)22(27)11-18/h3-12,14-15,24,32H,2,13,30H2,1H3,(H,31,33). The molecule has 2 aromatic heterocycles. The van der Waals surface area contributed by atoms with E-state index in [1.165, 1.54) is 18.2 Å². The highest BCUT2D eigenvalue weighted by Crippen LogP contribution is 2.25. The predicted molar refractivity (Wildman–Crippen MR) is 133 cm³/mol. The van der Waals surface area contributed by atoms with Crippen LogP contribution in [0.3, 0.4) is 0 Å². The van der Waals surface area contributed by atoms with Gasteiger partial charge in [-0.2, -0.15) is 0 Å². The third kappa shape index (κ3) is 5.27. The molecule has 0 saturated heterocycles. The van der Waals surface area contributed by atoms with Crippen LogP contribution in [0.2, 0.25) is 5.02 Å². The van der Waals surface area contributed by atoms with Crippen LogP contribution in [-0.4, -0.2) is 16.1 Å². The van der Waals surface area contributed by atoms with Crippen LogP contribution in [-0.2, 0) is 0 Å². The number of hydrogen-bond acceptors (Lipinski definition) is 4. The number of halogens is 3. The Hall–Kier alpha value is -3.68. The van der Waals surface area contributed by atoms with Gasteiger partial charge in [-0.25, -0.2) is 13.8 Å². The average Bonchev–Trinajstić information content (AvgIpc) is 3.32. The molecule has 4 rings (SSSR count). The van der Waals surface area contributed by atoms with Gasteiger partial charge in [-0.15, -0.1) is 0 Å². The van der Waals surface area contributed by atoms with Crippen LogP contribution in [0.1, 0.15) is 22.7 Å². The molecule has 0 spiro atoms. The molecule has 4 N–H and O–H groups in total. The summed E-state index contributed by atoms with van der Waals surface area (Å²) in [6.07, 6.45) is 5.65. The van der Waals surface area contributed by atoms with Crippen molar-refractivity contribution in [2.45, 2.75) is 13.0 Å². The maximum atomic E-state index is 13.5. The maximum absolute atomic E-state index is 13.5. The highest BCUT2D eigenvalue weighted by atomic mass is 35.5. The van der Waals surface area contributed by atoms with Gasteiger partial charge in [-0.1, -0.05) is 24.2 Å². The highest BCUT2D eigenvalue weighted by molar-refractivity contribution is 6.30. The summed E-state index contributed by atoms with van der Waals surface area (Å²) in [5.41, 5.74) is 10.9. The number of pyridine rings is 1. The van der Waals surface area contributed by atoms with Gasteiger partial charge >= 0.3 is 0 Å². The molecular weight excluding hydrogens is 456 g/mol. The second kappa shape index (κ2) is 10.1. The Bertz CT molecular complexity index is 1320. The number of anilines is 2. The fraction of sp³-hybridized carbons (Fsp3) is 0.115. The first-order valence-corrected chi connectivity index (χ1v) is 11.0. The van der Waals surface area contributed by atoms with Gasteiger partial charge in [0.25, 0.3) is 0 Å². The maximum Gasteiger partial charge on any atom is 0.141 e. The lowest BCUT2D eigenvalue weighted by atomic mass is 10.1. The zero-order valence-electron chi connectivity index (χ0n) is 18.5. The number of rotatable bonds is 8. The summed E-state index contributed by atoms with van der Waals surface area (Å²) in [7, 11) is 0. The monoisotopic (exact) mass is 479 g/mol. The molecule has 5 nitrogen and oxygen atoms in total. The molecule has 2 aromatic carbocycles. The van der Waals surface area contributed by atoms with Crippen molar-refractivity contribution in [2.75, 3.05) is 11.9 Å². The van der Waals surface area contributed by atoms with Crippen molar-refractivity contribution < 1.29 is 8.78 Å². The molecule has 0 fully saturated rings. The van der Waals surface area contributed by atoms with E-state index in [1.54, 1.807) is 30.5 Å². The lowest BCUT2D eigenvalue weighted by Gasteiger charge is -2.20. The molecular formula is C26H24ClF2N5. The predicted octanol–water partition coefficient (Wildman–Crippen LogP) is 6.12. The van der Waals surface area contributed by atoms with E-state index in [4.69, 9.17) is 17.3 Å². The largest absolute Gasteiger partial charge is 0.377 e.